The molecule has 0 radical (unpaired) electrons. The Balaban J connectivity index is 1.86. The molecule has 1 aliphatic carbocycles. The van der Waals surface area contributed by atoms with E-state index in [0.717, 1.165) is 6.54 Å². The maximum Gasteiger partial charge on any atom is 0.0502 e. The van der Waals surface area contributed by atoms with Gasteiger partial charge in [-0.2, -0.15) is 11.3 Å². The summed E-state index contributed by atoms with van der Waals surface area (Å²) in [5.74, 6) is 0. The zero-order valence-corrected chi connectivity index (χ0v) is 12.7. The minimum Gasteiger partial charge on any atom is -0.326 e. The lowest BCUT2D eigenvalue weighted by Gasteiger charge is -2.34. The van der Waals surface area contributed by atoms with Crippen LogP contribution in [0, 0.1) is 0 Å². The van der Waals surface area contributed by atoms with E-state index in [1.54, 1.807) is 11.3 Å². The Kier molecular flexibility index (Phi) is 4.20. The van der Waals surface area contributed by atoms with Crippen LogP contribution < -0.4 is 5.73 Å². The largest absolute Gasteiger partial charge is 0.326 e. The van der Waals surface area contributed by atoms with E-state index in [4.69, 9.17) is 5.73 Å². The Morgan fingerprint density at radius 1 is 1.25 bits per heavy atom. The van der Waals surface area contributed by atoms with Crippen molar-refractivity contribution in [1.29, 1.82) is 0 Å². The van der Waals surface area contributed by atoms with Gasteiger partial charge in [-0.05, 0) is 47.7 Å². The molecule has 3 heteroatoms. The fraction of sp³-hybridized carbons (Fsp3) is 0.412. The Labute approximate surface area is 125 Å². The lowest BCUT2D eigenvalue weighted by molar-refractivity contribution is 0.157. The predicted molar refractivity (Wildman–Crippen MR) is 85.7 cm³/mol. The zero-order chi connectivity index (χ0) is 13.9. The molecule has 1 saturated carbocycles. The van der Waals surface area contributed by atoms with E-state index in [0.29, 0.717) is 12.1 Å². The molecule has 2 N–H and O–H groups in total. The SMILES string of the molecule is CC(N)C(c1ccccc1)N(Cc1ccsc1)C1CC1. The summed E-state index contributed by atoms with van der Waals surface area (Å²) in [5.41, 5.74) is 9.07. The monoisotopic (exact) mass is 286 g/mol. The quantitative estimate of drug-likeness (QED) is 0.875. The third-order valence-corrected chi connectivity index (χ3v) is 4.69. The summed E-state index contributed by atoms with van der Waals surface area (Å²) >= 11 is 1.77. The summed E-state index contributed by atoms with van der Waals surface area (Å²) in [4.78, 5) is 2.60. The van der Waals surface area contributed by atoms with Crippen molar-refractivity contribution in [3.63, 3.8) is 0 Å². The average molecular weight is 286 g/mol. The second kappa shape index (κ2) is 6.08. The lowest BCUT2D eigenvalue weighted by atomic mass is 9.98. The topological polar surface area (TPSA) is 29.3 Å². The van der Waals surface area contributed by atoms with Crippen LogP contribution in [0.15, 0.2) is 47.2 Å². The number of nitrogens with zero attached hydrogens (tertiary/aromatic N) is 1. The van der Waals surface area contributed by atoms with E-state index in [9.17, 15) is 0 Å². The molecular formula is C17H22N2S. The molecule has 1 heterocycles. The van der Waals surface area contributed by atoms with Crippen LogP contribution >= 0.6 is 11.3 Å². The van der Waals surface area contributed by atoms with Crippen molar-refractivity contribution in [1.82, 2.24) is 4.90 Å². The van der Waals surface area contributed by atoms with E-state index in [-0.39, 0.29) is 6.04 Å². The summed E-state index contributed by atoms with van der Waals surface area (Å²) in [7, 11) is 0. The van der Waals surface area contributed by atoms with Crippen LogP contribution in [-0.4, -0.2) is 17.0 Å². The minimum atomic E-state index is 0.136. The second-order valence-corrected chi connectivity index (χ2v) is 6.53. The van der Waals surface area contributed by atoms with Gasteiger partial charge in [0.2, 0.25) is 0 Å². The number of nitrogens with two attached hydrogens (primary N) is 1. The molecule has 20 heavy (non-hydrogen) atoms. The van der Waals surface area contributed by atoms with Gasteiger partial charge in [-0.15, -0.1) is 0 Å². The van der Waals surface area contributed by atoms with E-state index in [1.165, 1.54) is 24.0 Å². The van der Waals surface area contributed by atoms with Gasteiger partial charge in [-0.25, -0.2) is 0 Å². The van der Waals surface area contributed by atoms with Gasteiger partial charge in [-0.3, -0.25) is 4.90 Å². The average Bonchev–Trinajstić information content (AvgIpc) is 3.17. The predicted octanol–water partition coefficient (Wildman–Crippen LogP) is 3.80. The molecule has 1 aromatic heterocycles. The molecule has 1 aromatic carbocycles. The normalized spacial score (nSPS) is 18.1. The third kappa shape index (κ3) is 3.11. The molecule has 1 aliphatic rings. The molecular weight excluding hydrogens is 264 g/mol. The molecule has 2 nitrogen and oxygen atoms in total. The van der Waals surface area contributed by atoms with Gasteiger partial charge >= 0.3 is 0 Å². The van der Waals surface area contributed by atoms with E-state index in [2.05, 4.69) is 59.0 Å². The fourth-order valence-electron chi connectivity index (χ4n) is 2.90. The highest BCUT2D eigenvalue weighted by atomic mass is 32.1. The third-order valence-electron chi connectivity index (χ3n) is 3.96. The first-order valence-electron chi connectivity index (χ1n) is 7.33. The highest BCUT2D eigenvalue weighted by molar-refractivity contribution is 7.07. The highest BCUT2D eigenvalue weighted by Crippen LogP contribution is 2.37. The zero-order valence-electron chi connectivity index (χ0n) is 11.9. The molecule has 106 valence electrons. The van der Waals surface area contributed by atoms with Crippen molar-refractivity contribution in [2.24, 2.45) is 5.73 Å². The first-order valence-corrected chi connectivity index (χ1v) is 8.27. The van der Waals surface area contributed by atoms with Crippen LogP contribution in [0.3, 0.4) is 0 Å². The maximum absolute atomic E-state index is 6.33. The summed E-state index contributed by atoms with van der Waals surface area (Å²) in [5, 5.41) is 4.41. The number of thiophene rings is 1. The van der Waals surface area contributed by atoms with Gasteiger partial charge in [0, 0.05) is 18.6 Å². The van der Waals surface area contributed by atoms with Crippen LogP contribution in [0.25, 0.3) is 0 Å². The number of rotatable bonds is 6. The van der Waals surface area contributed by atoms with Crippen LogP contribution in [0.2, 0.25) is 0 Å². The first kappa shape index (κ1) is 13.8. The molecule has 0 saturated heterocycles. The van der Waals surface area contributed by atoms with Crippen LogP contribution in [0.1, 0.15) is 36.9 Å². The van der Waals surface area contributed by atoms with E-state index >= 15 is 0 Å². The number of benzene rings is 1. The second-order valence-electron chi connectivity index (χ2n) is 5.75. The molecule has 0 spiro atoms. The lowest BCUT2D eigenvalue weighted by Crippen LogP contribution is -2.40. The highest BCUT2D eigenvalue weighted by Gasteiger charge is 2.36. The number of hydrogen-bond acceptors (Lipinski definition) is 3. The van der Waals surface area contributed by atoms with Crippen LogP contribution in [-0.2, 0) is 6.54 Å². The number of hydrogen-bond donors (Lipinski definition) is 1. The molecule has 0 aliphatic heterocycles. The van der Waals surface area contributed by atoms with Crippen molar-refractivity contribution in [2.75, 3.05) is 0 Å². The van der Waals surface area contributed by atoms with Crippen molar-refractivity contribution >= 4 is 11.3 Å². The van der Waals surface area contributed by atoms with Crippen molar-refractivity contribution in [3.05, 3.63) is 58.3 Å². The van der Waals surface area contributed by atoms with Gasteiger partial charge < -0.3 is 5.73 Å². The van der Waals surface area contributed by atoms with Gasteiger partial charge in [-0.1, -0.05) is 30.3 Å². The Bertz CT molecular complexity index is 517. The van der Waals surface area contributed by atoms with Crippen molar-refractivity contribution < 1.29 is 0 Å². The smallest absolute Gasteiger partial charge is 0.0502 e. The maximum atomic E-state index is 6.33. The summed E-state index contributed by atoms with van der Waals surface area (Å²) in [6.45, 7) is 3.13. The summed E-state index contributed by atoms with van der Waals surface area (Å²) in [6.07, 6.45) is 2.61. The summed E-state index contributed by atoms with van der Waals surface area (Å²) in [6, 6.07) is 14.1. The molecule has 2 unspecified atom stereocenters. The molecule has 3 rings (SSSR count). The van der Waals surface area contributed by atoms with Gasteiger partial charge in [0.25, 0.3) is 0 Å². The van der Waals surface area contributed by atoms with Gasteiger partial charge in [0.15, 0.2) is 0 Å². The standard InChI is InChI=1S/C17H22N2S/c1-13(18)17(15-5-3-2-4-6-15)19(16-7-8-16)11-14-9-10-20-12-14/h2-6,9-10,12-13,16-17H,7-8,11,18H2,1H3. The fourth-order valence-corrected chi connectivity index (χ4v) is 3.56. The van der Waals surface area contributed by atoms with Crippen LogP contribution in [0.5, 0.6) is 0 Å². The Morgan fingerprint density at radius 3 is 2.55 bits per heavy atom. The van der Waals surface area contributed by atoms with Gasteiger partial charge in [0.05, 0.1) is 6.04 Å². The van der Waals surface area contributed by atoms with Crippen molar-refractivity contribution in [3.8, 4) is 0 Å². The molecule has 0 bridgehead atoms. The molecule has 2 aromatic rings. The molecule has 1 fully saturated rings. The Hall–Kier alpha value is -1.16. The summed E-state index contributed by atoms with van der Waals surface area (Å²) < 4.78 is 0. The molecule has 2 atom stereocenters. The molecule has 0 amide bonds. The van der Waals surface area contributed by atoms with Gasteiger partial charge in [0.1, 0.15) is 0 Å². The van der Waals surface area contributed by atoms with Crippen molar-refractivity contribution in [2.45, 2.75) is 44.4 Å². The van der Waals surface area contributed by atoms with Crippen LogP contribution in [0.4, 0.5) is 0 Å². The van der Waals surface area contributed by atoms with E-state index < -0.39 is 0 Å². The Morgan fingerprint density at radius 2 is 2.00 bits per heavy atom. The first-order chi connectivity index (χ1) is 9.75. The van der Waals surface area contributed by atoms with E-state index in [1.807, 2.05) is 0 Å². The minimum absolute atomic E-state index is 0.136.